The summed E-state index contributed by atoms with van der Waals surface area (Å²) in [4.78, 5) is 20.9. The minimum atomic E-state index is -3.82. The van der Waals surface area contributed by atoms with Crippen LogP contribution in [0.3, 0.4) is 0 Å². The number of nitrogens with zero attached hydrogens (tertiary/aromatic N) is 4. The van der Waals surface area contributed by atoms with Gasteiger partial charge in [0, 0.05) is 38.1 Å². The second kappa shape index (κ2) is 10.8. The van der Waals surface area contributed by atoms with E-state index in [2.05, 4.69) is 9.97 Å². The predicted octanol–water partition coefficient (Wildman–Crippen LogP) is 5.28. The summed E-state index contributed by atoms with van der Waals surface area (Å²) in [7, 11) is 0. The number of amides is 1. The van der Waals surface area contributed by atoms with E-state index in [1.165, 1.54) is 12.4 Å². The third-order valence-electron chi connectivity index (χ3n) is 5.86. The van der Waals surface area contributed by atoms with Crippen LogP contribution >= 0.6 is 12.2 Å². The Morgan fingerprint density at radius 3 is 2.65 bits per heavy atom. The number of benzene rings is 1. The molecule has 1 aliphatic heterocycles. The van der Waals surface area contributed by atoms with Gasteiger partial charge in [-0.05, 0) is 35.5 Å². The fraction of sp³-hybridized carbons (Fsp3) is 0.333. The van der Waals surface area contributed by atoms with E-state index in [1.54, 1.807) is 30.3 Å². The average Bonchev–Trinajstić information content (AvgIpc) is 3.43. The average molecular weight is 541 g/mol. The lowest BCUT2D eigenvalue weighted by atomic mass is 9.87. The monoisotopic (exact) mass is 540 g/mol. The minimum Gasteiger partial charge on any atom is -0.445 e. The van der Waals surface area contributed by atoms with Crippen LogP contribution in [-0.4, -0.2) is 56.1 Å². The van der Waals surface area contributed by atoms with Gasteiger partial charge in [0.05, 0.1) is 5.92 Å². The van der Waals surface area contributed by atoms with Gasteiger partial charge in [0.1, 0.15) is 18.6 Å². The highest BCUT2D eigenvalue weighted by Gasteiger charge is 2.50. The van der Waals surface area contributed by atoms with Crippen molar-refractivity contribution in [1.82, 2.24) is 19.4 Å². The zero-order valence-corrected chi connectivity index (χ0v) is 20.0. The Morgan fingerprint density at radius 1 is 1.22 bits per heavy atom. The first-order valence-electron chi connectivity index (χ1n) is 11.1. The Balaban J connectivity index is 1.54. The molecule has 2 aromatic heterocycles. The van der Waals surface area contributed by atoms with Crippen molar-refractivity contribution >= 4 is 23.5 Å². The third-order valence-corrected chi connectivity index (χ3v) is 6.15. The fourth-order valence-corrected chi connectivity index (χ4v) is 4.06. The molecule has 2 unspecified atom stereocenters. The van der Waals surface area contributed by atoms with Gasteiger partial charge >= 0.3 is 18.4 Å². The zero-order chi connectivity index (χ0) is 26.6. The summed E-state index contributed by atoms with van der Waals surface area (Å²) in [5, 5.41) is -0.678. The number of carbonyl (C=O) groups is 1. The molecule has 0 bridgehead atoms. The molecule has 0 aliphatic carbocycles. The van der Waals surface area contributed by atoms with Crippen LogP contribution in [0.1, 0.15) is 29.2 Å². The molecule has 196 valence electrons. The van der Waals surface area contributed by atoms with Crippen LogP contribution in [0.25, 0.3) is 0 Å². The van der Waals surface area contributed by atoms with E-state index < -0.39 is 54.0 Å². The van der Waals surface area contributed by atoms with Gasteiger partial charge in [0.25, 0.3) is 11.1 Å². The highest BCUT2D eigenvalue weighted by molar-refractivity contribution is 7.80. The van der Waals surface area contributed by atoms with Crippen LogP contribution in [0.15, 0.2) is 67.4 Å². The second-order valence-corrected chi connectivity index (χ2v) is 8.66. The number of imidazole rings is 1. The molecule has 37 heavy (non-hydrogen) atoms. The molecule has 0 saturated carbocycles. The summed E-state index contributed by atoms with van der Waals surface area (Å²) in [5.41, 5.74) is -0.425. The standard InChI is InChI=1S/C24H21F5N4O3S/c25-20(26)24(29,36-22(37)33-11-9-30-15-33)19-12-17(6-8-31-19)18-13-32(10-7-23(18,27)28)21(34)35-14-16-4-2-1-3-5-16/h1-6,8-9,11-12,15,18,20H,7,10,13-14H2. The Labute approximate surface area is 213 Å². The van der Waals surface area contributed by atoms with Crippen molar-refractivity contribution in [1.29, 1.82) is 0 Å². The topological polar surface area (TPSA) is 69.5 Å². The fourth-order valence-electron chi connectivity index (χ4n) is 3.83. The molecule has 3 heterocycles. The predicted molar refractivity (Wildman–Crippen MR) is 125 cm³/mol. The van der Waals surface area contributed by atoms with Gasteiger partial charge in [-0.2, -0.15) is 4.39 Å². The zero-order valence-electron chi connectivity index (χ0n) is 19.1. The number of pyridine rings is 1. The molecular weight excluding hydrogens is 519 g/mol. The molecule has 1 aromatic carbocycles. The second-order valence-electron chi connectivity index (χ2n) is 8.31. The number of likely N-dealkylation sites (tertiary alicyclic amines) is 1. The van der Waals surface area contributed by atoms with Gasteiger partial charge in [-0.25, -0.2) is 27.3 Å². The lowest BCUT2D eigenvalue weighted by Gasteiger charge is -2.38. The van der Waals surface area contributed by atoms with Crippen molar-refractivity contribution in [3.05, 3.63) is 84.2 Å². The van der Waals surface area contributed by atoms with Gasteiger partial charge in [0.15, 0.2) is 0 Å². The van der Waals surface area contributed by atoms with Crippen molar-refractivity contribution in [2.45, 2.75) is 37.1 Å². The lowest BCUT2D eigenvalue weighted by Crippen LogP contribution is -2.48. The first kappa shape index (κ1) is 26.5. The summed E-state index contributed by atoms with van der Waals surface area (Å²) < 4.78 is 84.0. The number of carbonyl (C=O) groups excluding carboxylic acids is 1. The molecule has 7 nitrogen and oxygen atoms in total. The number of rotatable bonds is 6. The van der Waals surface area contributed by atoms with Crippen molar-refractivity contribution in [2.24, 2.45) is 0 Å². The maximum atomic E-state index is 15.5. The van der Waals surface area contributed by atoms with E-state index in [4.69, 9.17) is 21.7 Å². The summed E-state index contributed by atoms with van der Waals surface area (Å²) in [6, 6.07) is 10.7. The number of aromatic nitrogens is 3. The molecule has 0 spiro atoms. The summed E-state index contributed by atoms with van der Waals surface area (Å²) in [6.07, 6.45) is -0.690. The Kier molecular flexibility index (Phi) is 7.71. The number of halogens is 5. The van der Waals surface area contributed by atoms with Crippen LogP contribution in [0.4, 0.5) is 26.7 Å². The molecule has 13 heteroatoms. The molecule has 1 aliphatic rings. The van der Waals surface area contributed by atoms with Crippen LogP contribution < -0.4 is 0 Å². The van der Waals surface area contributed by atoms with E-state index in [0.717, 1.165) is 34.1 Å². The quantitative estimate of drug-likeness (QED) is 0.313. The van der Waals surface area contributed by atoms with Crippen molar-refractivity contribution in [2.75, 3.05) is 13.1 Å². The number of thiocarbonyl (C=S) groups is 1. The van der Waals surface area contributed by atoms with Crippen LogP contribution in [-0.2, 0) is 21.9 Å². The van der Waals surface area contributed by atoms with Gasteiger partial charge in [0.2, 0.25) is 0 Å². The maximum Gasteiger partial charge on any atom is 0.410 e. The molecule has 1 fully saturated rings. The summed E-state index contributed by atoms with van der Waals surface area (Å²) in [6.45, 7) is -0.808. The molecule has 2 atom stereocenters. The van der Waals surface area contributed by atoms with E-state index in [1.807, 2.05) is 0 Å². The number of piperidine rings is 1. The first-order chi connectivity index (χ1) is 17.6. The Morgan fingerprint density at radius 2 is 1.97 bits per heavy atom. The number of ether oxygens (including phenoxy) is 2. The van der Waals surface area contributed by atoms with Crippen molar-refractivity contribution < 1.29 is 36.2 Å². The number of hydrogen-bond acceptors (Lipinski definition) is 6. The van der Waals surface area contributed by atoms with E-state index >= 15 is 4.39 Å². The number of alkyl halides is 5. The summed E-state index contributed by atoms with van der Waals surface area (Å²) in [5.74, 6) is -8.77. The Bertz CT molecular complexity index is 1230. The third kappa shape index (κ3) is 5.87. The summed E-state index contributed by atoms with van der Waals surface area (Å²) >= 11 is 4.86. The van der Waals surface area contributed by atoms with E-state index in [0.29, 0.717) is 5.56 Å². The normalized spacial score (nSPS) is 18.8. The molecule has 3 aromatic rings. The minimum absolute atomic E-state index is 0.0520. The largest absolute Gasteiger partial charge is 0.445 e. The van der Waals surface area contributed by atoms with Gasteiger partial charge in [-0.15, -0.1) is 0 Å². The Hall–Kier alpha value is -3.61. The molecule has 0 radical (unpaired) electrons. The van der Waals surface area contributed by atoms with Crippen LogP contribution in [0, 0.1) is 0 Å². The first-order valence-corrected chi connectivity index (χ1v) is 11.5. The highest BCUT2D eigenvalue weighted by atomic mass is 32.1. The van der Waals surface area contributed by atoms with Gasteiger partial charge in [-0.1, -0.05) is 30.3 Å². The molecule has 4 rings (SSSR count). The smallest absolute Gasteiger partial charge is 0.410 e. The highest BCUT2D eigenvalue weighted by Crippen LogP contribution is 2.42. The number of hydrogen-bond donors (Lipinski definition) is 0. The van der Waals surface area contributed by atoms with Crippen molar-refractivity contribution in [3.63, 3.8) is 0 Å². The molecule has 0 N–H and O–H groups in total. The van der Waals surface area contributed by atoms with Crippen molar-refractivity contribution in [3.8, 4) is 0 Å². The molecule has 1 saturated heterocycles. The van der Waals surface area contributed by atoms with Gasteiger partial charge in [-0.3, -0.25) is 9.55 Å². The van der Waals surface area contributed by atoms with Crippen LogP contribution in [0.2, 0.25) is 0 Å². The van der Waals surface area contributed by atoms with E-state index in [9.17, 15) is 22.4 Å². The van der Waals surface area contributed by atoms with E-state index in [-0.39, 0.29) is 18.7 Å². The SMILES string of the molecule is O=C(OCc1ccccc1)N1CCC(F)(F)C(c2ccnc(C(F)(OC(=S)n3ccnc3)C(F)F)c2)C1. The molecule has 1 amide bonds. The molecular formula is C24H21F5N4O3S. The maximum absolute atomic E-state index is 15.5. The lowest BCUT2D eigenvalue weighted by molar-refractivity contribution is -0.185. The van der Waals surface area contributed by atoms with Crippen LogP contribution in [0.5, 0.6) is 0 Å². The van der Waals surface area contributed by atoms with Gasteiger partial charge < -0.3 is 14.4 Å².